The summed E-state index contributed by atoms with van der Waals surface area (Å²) in [7, 11) is 0. The van der Waals surface area contributed by atoms with E-state index in [0.717, 1.165) is 29.4 Å². The standard InChI is InChI=1S/C20H18N6O2S/c27-19-15(23-20(28)25-19)8-13-10-21-26-16(22-14-6-7-14)9-17(24-18(13)26)29-11-12-4-2-1-3-5-12/h1-5,8-10,14,22H,6-7,11H2,(H2,23,25,27,28)/b15-8+. The van der Waals surface area contributed by atoms with Crippen molar-refractivity contribution in [2.75, 3.05) is 5.32 Å². The van der Waals surface area contributed by atoms with Crippen LogP contribution in [0.5, 0.6) is 0 Å². The highest BCUT2D eigenvalue weighted by Gasteiger charge is 2.25. The van der Waals surface area contributed by atoms with Gasteiger partial charge in [-0.15, -0.1) is 11.8 Å². The van der Waals surface area contributed by atoms with Gasteiger partial charge in [0.05, 0.1) is 6.20 Å². The summed E-state index contributed by atoms with van der Waals surface area (Å²) >= 11 is 1.64. The third-order valence-electron chi connectivity index (χ3n) is 4.65. The number of hydrogen-bond acceptors (Lipinski definition) is 6. The molecule has 1 saturated heterocycles. The number of fused-ring (bicyclic) bond motifs is 1. The lowest BCUT2D eigenvalue weighted by Crippen LogP contribution is -2.22. The van der Waals surface area contributed by atoms with Crippen molar-refractivity contribution in [1.29, 1.82) is 0 Å². The van der Waals surface area contributed by atoms with Gasteiger partial charge in [0.2, 0.25) is 0 Å². The maximum atomic E-state index is 11.9. The molecule has 1 aliphatic heterocycles. The monoisotopic (exact) mass is 406 g/mol. The molecule has 146 valence electrons. The lowest BCUT2D eigenvalue weighted by Gasteiger charge is -2.10. The first kappa shape index (κ1) is 17.7. The molecule has 2 aromatic heterocycles. The van der Waals surface area contributed by atoms with Crippen LogP contribution in [0.1, 0.15) is 24.0 Å². The highest BCUT2D eigenvalue weighted by atomic mass is 32.2. The Labute approximate surface area is 170 Å². The average molecular weight is 406 g/mol. The number of benzene rings is 1. The number of carbonyl (C=O) groups excluding carboxylic acids is 2. The fraction of sp³-hybridized carbons (Fsp3) is 0.200. The van der Waals surface area contributed by atoms with Crippen molar-refractivity contribution in [2.45, 2.75) is 29.7 Å². The van der Waals surface area contributed by atoms with Gasteiger partial charge >= 0.3 is 6.03 Å². The number of imide groups is 1. The zero-order valence-electron chi connectivity index (χ0n) is 15.4. The fourth-order valence-electron chi connectivity index (χ4n) is 3.04. The zero-order valence-corrected chi connectivity index (χ0v) is 16.2. The van der Waals surface area contributed by atoms with Crippen LogP contribution in [0.2, 0.25) is 0 Å². The molecule has 2 fully saturated rings. The lowest BCUT2D eigenvalue weighted by molar-refractivity contribution is -0.115. The van der Waals surface area contributed by atoms with Gasteiger partial charge in [0.15, 0.2) is 5.65 Å². The number of nitrogens with one attached hydrogen (secondary N) is 3. The van der Waals surface area contributed by atoms with E-state index in [1.165, 1.54) is 5.56 Å². The van der Waals surface area contributed by atoms with Crippen LogP contribution in [0, 0.1) is 0 Å². The maximum absolute atomic E-state index is 11.9. The van der Waals surface area contributed by atoms with Crippen LogP contribution >= 0.6 is 11.8 Å². The molecule has 1 aromatic carbocycles. The second-order valence-electron chi connectivity index (χ2n) is 6.97. The van der Waals surface area contributed by atoms with Gasteiger partial charge in [-0.2, -0.15) is 9.61 Å². The molecule has 3 heterocycles. The van der Waals surface area contributed by atoms with E-state index >= 15 is 0 Å². The molecule has 3 amide bonds. The van der Waals surface area contributed by atoms with E-state index < -0.39 is 11.9 Å². The Morgan fingerprint density at radius 1 is 1.21 bits per heavy atom. The summed E-state index contributed by atoms with van der Waals surface area (Å²) in [6, 6.07) is 12.2. The maximum Gasteiger partial charge on any atom is 0.326 e. The largest absolute Gasteiger partial charge is 0.367 e. The number of anilines is 1. The average Bonchev–Trinajstić information content (AvgIpc) is 3.36. The molecular formula is C20H18N6O2S. The van der Waals surface area contributed by atoms with Crippen LogP contribution in [0.3, 0.4) is 0 Å². The zero-order chi connectivity index (χ0) is 19.8. The molecule has 1 aliphatic carbocycles. The molecule has 2 aliphatic rings. The molecule has 3 aromatic rings. The van der Waals surface area contributed by atoms with Crippen molar-refractivity contribution < 1.29 is 9.59 Å². The molecule has 29 heavy (non-hydrogen) atoms. The van der Waals surface area contributed by atoms with Crippen molar-refractivity contribution >= 4 is 41.2 Å². The Hall–Kier alpha value is -3.33. The molecule has 8 nitrogen and oxygen atoms in total. The summed E-state index contributed by atoms with van der Waals surface area (Å²) in [5, 5.41) is 13.5. The van der Waals surface area contributed by atoms with Gasteiger partial charge in [0.1, 0.15) is 16.5 Å². The Bertz CT molecular complexity index is 1140. The van der Waals surface area contributed by atoms with Crippen molar-refractivity contribution in [3.8, 4) is 0 Å². The molecule has 0 unspecified atom stereocenters. The number of nitrogens with zero attached hydrogens (tertiary/aromatic N) is 3. The normalized spacial score (nSPS) is 17.6. The molecule has 3 N–H and O–H groups in total. The first-order valence-corrected chi connectivity index (χ1v) is 10.3. The van der Waals surface area contributed by atoms with E-state index in [9.17, 15) is 9.59 Å². The van der Waals surface area contributed by atoms with Gasteiger partial charge in [-0.1, -0.05) is 30.3 Å². The highest BCUT2D eigenvalue weighted by Crippen LogP contribution is 2.30. The van der Waals surface area contributed by atoms with Gasteiger partial charge < -0.3 is 10.6 Å². The predicted octanol–water partition coefficient (Wildman–Crippen LogP) is 2.78. The molecule has 9 heteroatoms. The topological polar surface area (TPSA) is 100 Å². The third kappa shape index (κ3) is 3.81. The summed E-state index contributed by atoms with van der Waals surface area (Å²) in [5.74, 6) is 1.22. The van der Waals surface area contributed by atoms with E-state index in [1.54, 1.807) is 28.6 Å². The minimum atomic E-state index is -0.527. The Morgan fingerprint density at radius 3 is 2.76 bits per heavy atom. The summed E-state index contributed by atoms with van der Waals surface area (Å²) in [4.78, 5) is 28.0. The molecular weight excluding hydrogens is 388 g/mol. The van der Waals surface area contributed by atoms with E-state index in [1.807, 2.05) is 24.3 Å². The first-order valence-electron chi connectivity index (χ1n) is 9.32. The number of amides is 3. The van der Waals surface area contributed by atoms with Crippen LogP contribution in [-0.2, 0) is 10.5 Å². The Kier molecular flexibility index (Phi) is 4.44. The van der Waals surface area contributed by atoms with Gasteiger partial charge in [-0.05, 0) is 24.5 Å². The fourth-order valence-corrected chi connectivity index (χ4v) is 3.90. The van der Waals surface area contributed by atoms with Gasteiger partial charge in [-0.25, -0.2) is 9.78 Å². The Morgan fingerprint density at radius 2 is 2.03 bits per heavy atom. The highest BCUT2D eigenvalue weighted by molar-refractivity contribution is 7.98. The quantitative estimate of drug-likeness (QED) is 0.252. The molecule has 0 atom stereocenters. The third-order valence-corrected chi connectivity index (χ3v) is 5.64. The van der Waals surface area contributed by atoms with Crippen LogP contribution < -0.4 is 16.0 Å². The molecule has 5 rings (SSSR count). The number of carbonyl (C=O) groups is 2. The number of rotatable bonds is 6. The van der Waals surface area contributed by atoms with Gasteiger partial charge in [0, 0.05) is 23.4 Å². The van der Waals surface area contributed by atoms with Crippen LogP contribution in [0.15, 0.2) is 53.3 Å². The molecule has 0 bridgehead atoms. The molecule has 0 spiro atoms. The van der Waals surface area contributed by atoms with Crippen molar-refractivity contribution in [1.82, 2.24) is 25.2 Å². The molecule has 0 radical (unpaired) electrons. The summed E-state index contributed by atoms with van der Waals surface area (Å²) in [5.41, 5.74) is 2.70. The predicted molar refractivity (Wildman–Crippen MR) is 110 cm³/mol. The van der Waals surface area contributed by atoms with E-state index in [4.69, 9.17) is 4.98 Å². The van der Waals surface area contributed by atoms with E-state index in [2.05, 4.69) is 33.2 Å². The van der Waals surface area contributed by atoms with Crippen LogP contribution in [-0.4, -0.2) is 32.6 Å². The first-order chi connectivity index (χ1) is 14.2. The second-order valence-corrected chi connectivity index (χ2v) is 7.97. The SMILES string of the molecule is O=C1NC(=O)/C(=C\c2cnn3c(NC4CC4)cc(SCc4ccccc4)nc23)N1. The number of thioether (sulfide) groups is 1. The van der Waals surface area contributed by atoms with Gasteiger partial charge in [0.25, 0.3) is 5.91 Å². The van der Waals surface area contributed by atoms with E-state index in [0.29, 0.717) is 17.3 Å². The van der Waals surface area contributed by atoms with Crippen molar-refractivity contribution in [3.63, 3.8) is 0 Å². The van der Waals surface area contributed by atoms with E-state index in [-0.39, 0.29) is 5.70 Å². The van der Waals surface area contributed by atoms with Gasteiger partial charge in [-0.3, -0.25) is 10.1 Å². The number of hydrogen-bond donors (Lipinski definition) is 3. The number of urea groups is 1. The van der Waals surface area contributed by atoms with Crippen LogP contribution in [0.4, 0.5) is 10.6 Å². The summed E-state index contributed by atoms with van der Waals surface area (Å²) in [6.45, 7) is 0. The molecule has 1 saturated carbocycles. The van der Waals surface area contributed by atoms with Crippen molar-refractivity contribution in [3.05, 3.63) is 59.4 Å². The Balaban J connectivity index is 1.51. The second kappa shape index (κ2) is 7.25. The smallest absolute Gasteiger partial charge is 0.326 e. The summed E-state index contributed by atoms with van der Waals surface area (Å²) in [6.07, 6.45) is 5.53. The summed E-state index contributed by atoms with van der Waals surface area (Å²) < 4.78 is 1.74. The minimum absolute atomic E-state index is 0.186. The minimum Gasteiger partial charge on any atom is -0.367 e. The van der Waals surface area contributed by atoms with Crippen molar-refractivity contribution in [2.24, 2.45) is 0 Å². The van der Waals surface area contributed by atoms with Crippen LogP contribution in [0.25, 0.3) is 11.7 Å². The number of aromatic nitrogens is 3. The lowest BCUT2D eigenvalue weighted by atomic mass is 10.2.